The van der Waals surface area contributed by atoms with E-state index >= 15 is 0 Å². The van der Waals surface area contributed by atoms with Crippen LogP contribution in [-0.2, 0) is 0 Å². The highest BCUT2D eigenvalue weighted by Gasteiger charge is 2.18. The van der Waals surface area contributed by atoms with Crippen LogP contribution in [0.1, 0.15) is 17.1 Å². The molecule has 0 aliphatic rings. The first-order valence-electron chi connectivity index (χ1n) is 8.15. The molecule has 4 aromatic rings. The largest absolute Gasteiger partial charge is 0.496 e. The highest BCUT2D eigenvalue weighted by molar-refractivity contribution is 5.97. The average molecular weight is 333 g/mol. The summed E-state index contributed by atoms with van der Waals surface area (Å²) in [5, 5.41) is 5.13. The average Bonchev–Trinajstić information content (AvgIpc) is 3.15. The Morgan fingerprint density at radius 1 is 1.08 bits per heavy atom. The molecule has 5 nitrogen and oxygen atoms in total. The fourth-order valence-electron chi connectivity index (χ4n) is 3.29. The molecule has 0 saturated carbocycles. The summed E-state index contributed by atoms with van der Waals surface area (Å²) in [5.74, 6) is 1.56. The van der Waals surface area contributed by atoms with Crippen LogP contribution in [-0.4, -0.2) is 22.2 Å². The number of benzene rings is 1. The molecule has 3 heterocycles. The molecule has 4 rings (SSSR count). The molecule has 0 radical (unpaired) electrons. The zero-order chi connectivity index (χ0) is 17.6. The Morgan fingerprint density at radius 3 is 2.60 bits per heavy atom. The predicted octanol–water partition coefficient (Wildman–Crippen LogP) is 4.82. The van der Waals surface area contributed by atoms with Crippen molar-refractivity contribution in [3.63, 3.8) is 0 Å². The number of ether oxygens (including phenoxy) is 1. The Hall–Kier alpha value is -3.08. The van der Waals surface area contributed by atoms with Gasteiger partial charge in [-0.05, 0) is 45.0 Å². The van der Waals surface area contributed by atoms with Gasteiger partial charge in [0.15, 0.2) is 0 Å². The second-order valence-electron chi connectivity index (χ2n) is 6.17. The smallest absolute Gasteiger partial charge is 0.143 e. The SMILES string of the molecule is COc1ccccc1-c1nc(-c2c(C)noc2C)cc2[nH]c(C)cc12. The van der Waals surface area contributed by atoms with Crippen molar-refractivity contribution in [1.82, 2.24) is 15.1 Å². The van der Waals surface area contributed by atoms with Crippen molar-refractivity contribution in [3.8, 4) is 28.3 Å². The van der Waals surface area contributed by atoms with Gasteiger partial charge in [0.1, 0.15) is 11.5 Å². The van der Waals surface area contributed by atoms with Crippen LogP contribution in [0.3, 0.4) is 0 Å². The molecule has 5 heteroatoms. The first-order chi connectivity index (χ1) is 12.1. The number of H-pyrrole nitrogens is 1. The van der Waals surface area contributed by atoms with E-state index in [1.165, 1.54) is 0 Å². The second-order valence-corrected chi connectivity index (χ2v) is 6.17. The van der Waals surface area contributed by atoms with E-state index in [9.17, 15) is 0 Å². The maximum Gasteiger partial charge on any atom is 0.143 e. The number of methoxy groups -OCH3 is 1. The molecule has 25 heavy (non-hydrogen) atoms. The van der Waals surface area contributed by atoms with Crippen LogP contribution < -0.4 is 4.74 Å². The highest BCUT2D eigenvalue weighted by Crippen LogP contribution is 2.37. The number of aromatic amines is 1. The summed E-state index contributed by atoms with van der Waals surface area (Å²) in [5.41, 5.74) is 6.57. The van der Waals surface area contributed by atoms with Crippen molar-refractivity contribution in [2.24, 2.45) is 0 Å². The van der Waals surface area contributed by atoms with Crippen molar-refractivity contribution in [2.75, 3.05) is 7.11 Å². The van der Waals surface area contributed by atoms with Gasteiger partial charge in [0.25, 0.3) is 0 Å². The molecule has 0 spiro atoms. The minimum absolute atomic E-state index is 0.763. The topological polar surface area (TPSA) is 63.9 Å². The zero-order valence-electron chi connectivity index (χ0n) is 14.7. The van der Waals surface area contributed by atoms with Crippen molar-refractivity contribution in [2.45, 2.75) is 20.8 Å². The normalized spacial score (nSPS) is 11.2. The van der Waals surface area contributed by atoms with E-state index in [4.69, 9.17) is 14.2 Å². The van der Waals surface area contributed by atoms with Gasteiger partial charge < -0.3 is 14.2 Å². The van der Waals surface area contributed by atoms with E-state index in [0.29, 0.717) is 0 Å². The quantitative estimate of drug-likeness (QED) is 0.584. The number of rotatable bonds is 3. The van der Waals surface area contributed by atoms with Crippen LogP contribution in [0.5, 0.6) is 5.75 Å². The lowest BCUT2D eigenvalue weighted by atomic mass is 10.0. The lowest BCUT2D eigenvalue weighted by molar-refractivity contribution is 0.393. The van der Waals surface area contributed by atoms with E-state index < -0.39 is 0 Å². The molecular weight excluding hydrogens is 314 g/mol. The van der Waals surface area contributed by atoms with E-state index in [-0.39, 0.29) is 0 Å². The molecule has 0 aliphatic heterocycles. The van der Waals surface area contributed by atoms with Gasteiger partial charge in [-0.1, -0.05) is 17.3 Å². The Labute approximate surface area is 145 Å². The van der Waals surface area contributed by atoms with Crippen LogP contribution in [0.15, 0.2) is 40.9 Å². The maximum absolute atomic E-state index is 5.55. The van der Waals surface area contributed by atoms with Gasteiger partial charge >= 0.3 is 0 Å². The van der Waals surface area contributed by atoms with Crippen LogP contribution in [0.4, 0.5) is 0 Å². The molecule has 0 atom stereocenters. The first kappa shape index (κ1) is 15.4. The Bertz CT molecular complexity index is 1060. The highest BCUT2D eigenvalue weighted by atomic mass is 16.5. The van der Waals surface area contributed by atoms with Gasteiger partial charge in [0.2, 0.25) is 0 Å². The lowest BCUT2D eigenvalue weighted by Crippen LogP contribution is -1.94. The van der Waals surface area contributed by atoms with E-state index in [2.05, 4.69) is 16.2 Å². The number of aromatic nitrogens is 3. The van der Waals surface area contributed by atoms with Gasteiger partial charge in [0.05, 0.1) is 29.8 Å². The van der Waals surface area contributed by atoms with Gasteiger partial charge in [-0.3, -0.25) is 0 Å². The van der Waals surface area contributed by atoms with Crippen LogP contribution in [0.25, 0.3) is 33.4 Å². The lowest BCUT2D eigenvalue weighted by Gasteiger charge is -2.11. The number of nitrogens with one attached hydrogen (secondary N) is 1. The number of hydrogen-bond acceptors (Lipinski definition) is 4. The molecule has 1 N–H and O–H groups in total. The third kappa shape index (κ3) is 2.48. The standard InChI is InChI=1S/C20H19N3O2/c1-11-9-15-16(21-11)10-17(19-12(2)23-25-13(19)3)22-20(15)14-7-5-6-8-18(14)24-4/h5-10,21H,1-4H3. The molecule has 0 bridgehead atoms. The predicted molar refractivity (Wildman–Crippen MR) is 97.8 cm³/mol. The molecule has 0 fully saturated rings. The van der Waals surface area contributed by atoms with Crippen LogP contribution in [0.2, 0.25) is 0 Å². The summed E-state index contributed by atoms with van der Waals surface area (Å²) >= 11 is 0. The summed E-state index contributed by atoms with van der Waals surface area (Å²) in [4.78, 5) is 8.37. The maximum atomic E-state index is 5.55. The molecule has 0 saturated heterocycles. The van der Waals surface area contributed by atoms with Crippen molar-refractivity contribution in [1.29, 1.82) is 0 Å². The van der Waals surface area contributed by atoms with Crippen LogP contribution >= 0.6 is 0 Å². The molecule has 0 aliphatic carbocycles. The molecule has 0 amide bonds. The number of hydrogen-bond donors (Lipinski definition) is 1. The van der Waals surface area contributed by atoms with E-state index in [0.717, 1.165) is 56.3 Å². The summed E-state index contributed by atoms with van der Waals surface area (Å²) in [7, 11) is 1.68. The third-order valence-electron chi connectivity index (χ3n) is 4.40. The van der Waals surface area contributed by atoms with Crippen molar-refractivity contribution in [3.05, 3.63) is 53.5 Å². The Morgan fingerprint density at radius 2 is 1.88 bits per heavy atom. The summed E-state index contributed by atoms with van der Waals surface area (Å²) in [6.45, 7) is 5.88. The van der Waals surface area contributed by atoms with Gasteiger partial charge in [-0.25, -0.2) is 4.98 Å². The fourth-order valence-corrected chi connectivity index (χ4v) is 3.29. The molecule has 0 unspecified atom stereocenters. The van der Waals surface area contributed by atoms with Crippen molar-refractivity contribution < 1.29 is 9.26 Å². The summed E-state index contributed by atoms with van der Waals surface area (Å²) < 4.78 is 10.9. The van der Waals surface area contributed by atoms with Gasteiger partial charge in [-0.15, -0.1) is 0 Å². The van der Waals surface area contributed by atoms with Gasteiger partial charge in [0, 0.05) is 22.2 Å². The number of nitrogens with zero attached hydrogens (tertiary/aromatic N) is 2. The van der Waals surface area contributed by atoms with Crippen LogP contribution in [0, 0.1) is 20.8 Å². The number of para-hydroxylation sites is 1. The third-order valence-corrected chi connectivity index (χ3v) is 4.40. The molecular formula is C20H19N3O2. The molecule has 3 aromatic heterocycles. The molecule has 126 valence electrons. The number of aryl methyl sites for hydroxylation is 3. The van der Waals surface area contributed by atoms with E-state index in [1.807, 2.05) is 51.1 Å². The zero-order valence-corrected chi connectivity index (χ0v) is 14.7. The monoisotopic (exact) mass is 333 g/mol. The van der Waals surface area contributed by atoms with Crippen molar-refractivity contribution >= 4 is 10.9 Å². The minimum Gasteiger partial charge on any atom is -0.496 e. The summed E-state index contributed by atoms with van der Waals surface area (Å²) in [6, 6.07) is 12.1. The fraction of sp³-hybridized carbons (Fsp3) is 0.200. The number of fused-ring (bicyclic) bond motifs is 1. The number of pyridine rings is 1. The summed E-state index contributed by atoms with van der Waals surface area (Å²) in [6.07, 6.45) is 0. The van der Waals surface area contributed by atoms with E-state index in [1.54, 1.807) is 7.11 Å². The first-order valence-corrected chi connectivity index (χ1v) is 8.15. The Kier molecular flexibility index (Phi) is 3.57. The Balaban J connectivity index is 2.06. The second kappa shape index (κ2) is 5.77. The molecule has 1 aromatic carbocycles. The van der Waals surface area contributed by atoms with Gasteiger partial charge in [-0.2, -0.15) is 0 Å². The minimum atomic E-state index is 0.763.